The number of amides is 2. The monoisotopic (exact) mass is 222 g/mol. The van der Waals surface area contributed by atoms with Gasteiger partial charge < -0.3 is 15.8 Å². The molecule has 1 aromatic rings. The molecule has 0 unspecified atom stereocenters. The summed E-state index contributed by atoms with van der Waals surface area (Å²) in [6, 6.07) is 3.48. The molecule has 0 spiro atoms. The van der Waals surface area contributed by atoms with Crippen LogP contribution >= 0.6 is 0 Å². The summed E-state index contributed by atoms with van der Waals surface area (Å²) in [5.41, 5.74) is 8.54. The number of rotatable bonds is 4. The number of ether oxygens (including phenoxy) is 1. The van der Waals surface area contributed by atoms with Gasteiger partial charge in [0.25, 0.3) is 0 Å². The highest BCUT2D eigenvalue weighted by atomic mass is 16.5. The van der Waals surface area contributed by atoms with Crippen molar-refractivity contribution < 1.29 is 9.53 Å². The first kappa shape index (κ1) is 12.4. The van der Waals surface area contributed by atoms with Crippen molar-refractivity contribution >= 4 is 6.03 Å². The van der Waals surface area contributed by atoms with E-state index in [0.29, 0.717) is 6.54 Å². The van der Waals surface area contributed by atoms with E-state index in [1.165, 1.54) is 11.1 Å². The van der Waals surface area contributed by atoms with Crippen LogP contribution in [0.25, 0.3) is 0 Å². The summed E-state index contributed by atoms with van der Waals surface area (Å²) in [7, 11) is 1.66. The minimum Gasteiger partial charge on any atom is -0.496 e. The number of methoxy groups -OCH3 is 1. The van der Waals surface area contributed by atoms with Crippen LogP contribution in [0.1, 0.15) is 16.7 Å². The molecule has 88 valence electrons. The van der Waals surface area contributed by atoms with Gasteiger partial charge in [-0.05, 0) is 43.0 Å². The first-order valence-electron chi connectivity index (χ1n) is 5.22. The molecule has 1 aromatic carbocycles. The zero-order valence-electron chi connectivity index (χ0n) is 9.96. The molecule has 0 aliphatic rings. The van der Waals surface area contributed by atoms with E-state index in [-0.39, 0.29) is 0 Å². The van der Waals surface area contributed by atoms with E-state index in [1.807, 2.05) is 19.1 Å². The predicted molar refractivity (Wildman–Crippen MR) is 63.8 cm³/mol. The minimum atomic E-state index is -0.483. The van der Waals surface area contributed by atoms with Crippen molar-refractivity contribution in [3.8, 4) is 5.75 Å². The van der Waals surface area contributed by atoms with Crippen LogP contribution in [0.4, 0.5) is 4.79 Å². The number of primary amides is 1. The summed E-state index contributed by atoms with van der Waals surface area (Å²) in [6.07, 6.45) is 0.777. The average molecular weight is 222 g/mol. The third kappa shape index (κ3) is 2.89. The van der Waals surface area contributed by atoms with Crippen LogP contribution in [0.2, 0.25) is 0 Å². The molecule has 0 fully saturated rings. The standard InChI is InChI=1S/C12H18N2O2/c1-8-9(2)11(16-3)5-4-10(8)6-7-14-12(13)15/h4-5H,6-7H2,1-3H3,(H3,13,14,15). The lowest BCUT2D eigenvalue weighted by molar-refractivity contribution is 0.249. The Hall–Kier alpha value is -1.71. The van der Waals surface area contributed by atoms with Crippen molar-refractivity contribution in [1.82, 2.24) is 5.32 Å². The van der Waals surface area contributed by atoms with E-state index < -0.39 is 6.03 Å². The molecule has 0 saturated heterocycles. The first-order valence-corrected chi connectivity index (χ1v) is 5.22. The van der Waals surface area contributed by atoms with Crippen LogP contribution in [0.5, 0.6) is 5.75 Å². The number of nitrogens with two attached hydrogens (primary N) is 1. The molecule has 16 heavy (non-hydrogen) atoms. The second kappa shape index (κ2) is 5.39. The van der Waals surface area contributed by atoms with E-state index in [4.69, 9.17) is 10.5 Å². The summed E-state index contributed by atoms with van der Waals surface area (Å²) >= 11 is 0. The third-order valence-corrected chi connectivity index (χ3v) is 2.76. The fraction of sp³-hybridized carbons (Fsp3) is 0.417. The molecule has 1 rings (SSSR count). The maximum absolute atomic E-state index is 10.5. The van der Waals surface area contributed by atoms with Crippen molar-refractivity contribution in [2.45, 2.75) is 20.3 Å². The Labute approximate surface area is 95.8 Å². The lowest BCUT2D eigenvalue weighted by Gasteiger charge is -2.12. The zero-order valence-corrected chi connectivity index (χ0v) is 9.96. The molecule has 2 amide bonds. The van der Waals surface area contributed by atoms with E-state index in [2.05, 4.69) is 12.2 Å². The molecule has 0 aliphatic carbocycles. The van der Waals surface area contributed by atoms with Gasteiger partial charge >= 0.3 is 6.03 Å². The Bertz CT molecular complexity index is 389. The van der Waals surface area contributed by atoms with Crippen LogP contribution in [0, 0.1) is 13.8 Å². The van der Waals surface area contributed by atoms with E-state index in [1.54, 1.807) is 7.11 Å². The molecule has 4 nitrogen and oxygen atoms in total. The van der Waals surface area contributed by atoms with Crippen LogP contribution in [0.15, 0.2) is 12.1 Å². The highest BCUT2D eigenvalue weighted by molar-refractivity contribution is 5.71. The van der Waals surface area contributed by atoms with Gasteiger partial charge in [-0.15, -0.1) is 0 Å². The molecule has 3 N–H and O–H groups in total. The van der Waals surface area contributed by atoms with Crippen LogP contribution in [0.3, 0.4) is 0 Å². The molecule has 0 heterocycles. The predicted octanol–water partition coefficient (Wildman–Crippen LogP) is 1.52. The highest BCUT2D eigenvalue weighted by Gasteiger charge is 2.06. The second-order valence-corrected chi connectivity index (χ2v) is 3.72. The number of carbonyl (C=O) groups is 1. The normalized spacial score (nSPS) is 9.94. The number of nitrogens with one attached hydrogen (secondary N) is 1. The van der Waals surface area contributed by atoms with E-state index >= 15 is 0 Å². The fourth-order valence-corrected chi connectivity index (χ4v) is 1.66. The van der Waals surface area contributed by atoms with Gasteiger partial charge in [0.05, 0.1) is 7.11 Å². The van der Waals surface area contributed by atoms with Gasteiger partial charge in [0, 0.05) is 6.54 Å². The lowest BCUT2D eigenvalue weighted by Crippen LogP contribution is -2.31. The lowest BCUT2D eigenvalue weighted by atomic mass is 10.00. The number of hydrogen-bond acceptors (Lipinski definition) is 2. The van der Waals surface area contributed by atoms with Crippen molar-refractivity contribution in [2.75, 3.05) is 13.7 Å². The number of carbonyl (C=O) groups excluding carboxylic acids is 1. The molecule has 0 aromatic heterocycles. The van der Waals surface area contributed by atoms with Gasteiger partial charge in [-0.2, -0.15) is 0 Å². The Morgan fingerprint density at radius 3 is 2.62 bits per heavy atom. The molecule has 0 saturated carbocycles. The van der Waals surface area contributed by atoms with Gasteiger partial charge in [0.1, 0.15) is 5.75 Å². The molecular weight excluding hydrogens is 204 g/mol. The largest absolute Gasteiger partial charge is 0.496 e. The van der Waals surface area contributed by atoms with Gasteiger partial charge in [-0.1, -0.05) is 6.07 Å². The second-order valence-electron chi connectivity index (χ2n) is 3.72. The van der Waals surface area contributed by atoms with Gasteiger partial charge in [0.15, 0.2) is 0 Å². The van der Waals surface area contributed by atoms with Crippen LogP contribution < -0.4 is 15.8 Å². The molecular formula is C12H18N2O2. The summed E-state index contributed by atoms with van der Waals surface area (Å²) in [5.74, 6) is 0.893. The Morgan fingerprint density at radius 1 is 1.38 bits per heavy atom. The van der Waals surface area contributed by atoms with Crippen molar-refractivity contribution in [3.63, 3.8) is 0 Å². The third-order valence-electron chi connectivity index (χ3n) is 2.76. The SMILES string of the molecule is COc1ccc(CCNC(N)=O)c(C)c1C. The van der Waals surface area contributed by atoms with Crippen molar-refractivity contribution in [2.24, 2.45) is 5.73 Å². The van der Waals surface area contributed by atoms with E-state index in [0.717, 1.165) is 17.7 Å². The Balaban J connectivity index is 2.74. The Kier molecular flexibility index (Phi) is 4.17. The quantitative estimate of drug-likeness (QED) is 0.811. The molecule has 0 atom stereocenters. The van der Waals surface area contributed by atoms with Crippen LogP contribution in [-0.4, -0.2) is 19.7 Å². The maximum Gasteiger partial charge on any atom is 0.312 e. The highest BCUT2D eigenvalue weighted by Crippen LogP contribution is 2.23. The summed E-state index contributed by atoms with van der Waals surface area (Å²) in [4.78, 5) is 10.5. The van der Waals surface area contributed by atoms with Crippen molar-refractivity contribution in [1.29, 1.82) is 0 Å². The molecule has 0 bridgehead atoms. The smallest absolute Gasteiger partial charge is 0.312 e. The maximum atomic E-state index is 10.5. The molecule has 4 heteroatoms. The molecule has 0 radical (unpaired) electrons. The van der Waals surface area contributed by atoms with Gasteiger partial charge in [0.2, 0.25) is 0 Å². The summed E-state index contributed by atoms with van der Waals surface area (Å²) in [6.45, 7) is 4.64. The Morgan fingerprint density at radius 2 is 2.06 bits per heavy atom. The zero-order chi connectivity index (χ0) is 12.1. The first-order chi connectivity index (χ1) is 7.56. The molecule has 0 aliphatic heterocycles. The summed E-state index contributed by atoms with van der Waals surface area (Å²) in [5, 5.41) is 2.58. The van der Waals surface area contributed by atoms with Crippen LogP contribution in [-0.2, 0) is 6.42 Å². The van der Waals surface area contributed by atoms with Crippen molar-refractivity contribution in [3.05, 3.63) is 28.8 Å². The van der Waals surface area contributed by atoms with E-state index in [9.17, 15) is 4.79 Å². The fourth-order valence-electron chi connectivity index (χ4n) is 1.66. The number of benzene rings is 1. The van der Waals surface area contributed by atoms with Gasteiger partial charge in [-0.25, -0.2) is 4.79 Å². The number of urea groups is 1. The average Bonchev–Trinajstić information content (AvgIpc) is 2.24. The van der Waals surface area contributed by atoms with Gasteiger partial charge in [-0.3, -0.25) is 0 Å². The topological polar surface area (TPSA) is 64.3 Å². The number of hydrogen-bond donors (Lipinski definition) is 2. The minimum absolute atomic E-state index is 0.483. The summed E-state index contributed by atoms with van der Waals surface area (Å²) < 4.78 is 5.23.